The molecule has 0 bridgehead atoms. The molecular formula is C23H16F2N4O. The summed E-state index contributed by atoms with van der Waals surface area (Å²) in [6, 6.07) is 9.71. The van der Waals surface area contributed by atoms with E-state index in [9.17, 15) is 13.6 Å². The summed E-state index contributed by atoms with van der Waals surface area (Å²) in [6.45, 7) is 3.66. The molecule has 0 radical (unpaired) electrons. The lowest BCUT2D eigenvalue weighted by atomic mass is 9.99. The molecule has 3 heterocycles. The molecule has 5 nitrogen and oxygen atoms in total. The molecule has 2 aromatic carbocycles. The number of fused-ring (bicyclic) bond motifs is 2. The Labute approximate surface area is 170 Å². The third-order valence-corrected chi connectivity index (χ3v) is 5.25. The van der Waals surface area contributed by atoms with E-state index in [1.54, 1.807) is 0 Å². The maximum Gasteiger partial charge on any atom is 0.261 e. The normalized spacial score (nSPS) is 12.8. The van der Waals surface area contributed by atoms with Crippen LogP contribution in [0.3, 0.4) is 0 Å². The average molecular weight is 402 g/mol. The van der Waals surface area contributed by atoms with Gasteiger partial charge in [0.05, 0.1) is 30.0 Å². The maximum absolute atomic E-state index is 14.9. The highest BCUT2D eigenvalue weighted by Crippen LogP contribution is 2.32. The smallest absolute Gasteiger partial charge is 0.261 e. The minimum atomic E-state index is -0.713. The Morgan fingerprint density at radius 3 is 2.70 bits per heavy atom. The molecule has 0 amide bonds. The molecule has 1 N–H and O–H groups in total. The van der Waals surface area contributed by atoms with E-state index in [1.807, 2.05) is 18.2 Å². The number of anilines is 1. The monoisotopic (exact) mass is 402 g/mol. The minimum Gasteiger partial charge on any atom is -0.359 e. The second-order valence-electron chi connectivity index (χ2n) is 7.27. The molecule has 0 spiro atoms. The van der Waals surface area contributed by atoms with Crippen LogP contribution in [0.2, 0.25) is 0 Å². The number of hydrogen-bond acceptors (Lipinski definition) is 4. The Morgan fingerprint density at radius 2 is 1.90 bits per heavy atom. The lowest BCUT2D eigenvalue weighted by Crippen LogP contribution is -2.22. The van der Waals surface area contributed by atoms with Gasteiger partial charge in [0, 0.05) is 29.6 Å². The Hall–Kier alpha value is -3.87. The topological polar surface area (TPSA) is 59.8 Å². The molecule has 1 aliphatic rings. The van der Waals surface area contributed by atoms with Crippen LogP contribution < -0.4 is 10.9 Å². The van der Waals surface area contributed by atoms with E-state index >= 15 is 0 Å². The summed E-state index contributed by atoms with van der Waals surface area (Å²) in [5, 5.41) is 3.51. The second-order valence-corrected chi connectivity index (χ2v) is 7.27. The van der Waals surface area contributed by atoms with Crippen molar-refractivity contribution < 1.29 is 8.78 Å². The summed E-state index contributed by atoms with van der Waals surface area (Å²) in [5.41, 5.74) is 3.90. The molecule has 0 aliphatic carbocycles. The van der Waals surface area contributed by atoms with Gasteiger partial charge in [-0.05, 0) is 47.0 Å². The zero-order valence-electron chi connectivity index (χ0n) is 15.8. The first-order valence-corrected chi connectivity index (χ1v) is 9.35. The van der Waals surface area contributed by atoms with Crippen LogP contribution in [0.1, 0.15) is 11.1 Å². The zero-order valence-corrected chi connectivity index (χ0v) is 15.8. The first-order valence-electron chi connectivity index (χ1n) is 9.35. The van der Waals surface area contributed by atoms with E-state index in [2.05, 4.69) is 21.9 Å². The number of nitrogens with one attached hydrogen (secondary N) is 1. The zero-order chi connectivity index (χ0) is 20.8. The summed E-state index contributed by atoms with van der Waals surface area (Å²) in [7, 11) is 0. The summed E-state index contributed by atoms with van der Waals surface area (Å²) < 4.78 is 30.9. The largest absolute Gasteiger partial charge is 0.359 e. The van der Waals surface area contributed by atoms with Crippen LogP contribution >= 0.6 is 0 Å². The number of aromatic nitrogens is 3. The standard InChI is InChI=1S/C23H16F2N4O/c1-13-6-16-7-14(2-3-21(16)28-13)15-8-19(24)18(20(25)9-15)11-29-12-27-22-10-26-5-4-17(22)23(29)30/h2-5,7-10,12,28H,1,6,11H2. The van der Waals surface area contributed by atoms with Gasteiger partial charge in [-0.2, -0.15) is 0 Å². The van der Waals surface area contributed by atoms with E-state index in [4.69, 9.17) is 0 Å². The molecule has 0 atom stereocenters. The molecule has 0 saturated heterocycles. The van der Waals surface area contributed by atoms with Gasteiger partial charge in [-0.25, -0.2) is 13.8 Å². The van der Waals surface area contributed by atoms with Crippen LogP contribution in [0.5, 0.6) is 0 Å². The number of allylic oxidation sites excluding steroid dienone is 1. The summed E-state index contributed by atoms with van der Waals surface area (Å²) >= 11 is 0. The fraction of sp³-hybridized carbons (Fsp3) is 0.0870. The van der Waals surface area contributed by atoms with Crippen LogP contribution in [-0.2, 0) is 13.0 Å². The quantitative estimate of drug-likeness (QED) is 0.556. The van der Waals surface area contributed by atoms with Crippen LogP contribution in [0.25, 0.3) is 22.0 Å². The fourth-order valence-corrected chi connectivity index (χ4v) is 3.72. The molecule has 0 saturated carbocycles. The maximum atomic E-state index is 14.9. The van der Waals surface area contributed by atoms with Crippen molar-refractivity contribution >= 4 is 16.6 Å². The number of halogens is 2. The molecule has 0 unspecified atom stereocenters. The van der Waals surface area contributed by atoms with Crippen molar-refractivity contribution in [1.29, 1.82) is 0 Å². The molecule has 5 rings (SSSR count). The average Bonchev–Trinajstić information content (AvgIpc) is 3.11. The number of benzene rings is 2. The van der Waals surface area contributed by atoms with Crippen LogP contribution in [-0.4, -0.2) is 14.5 Å². The van der Waals surface area contributed by atoms with Crippen LogP contribution in [0, 0.1) is 11.6 Å². The van der Waals surface area contributed by atoms with Crippen molar-refractivity contribution in [1.82, 2.24) is 14.5 Å². The number of nitrogens with zero attached hydrogens (tertiary/aromatic N) is 3. The van der Waals surface area contributed by atoms with E-state index in [1.165, 1.54) is 41.5 Å². The lowest BCUT2D eigenvalue weighted by molar-refractivity contribution is 0.541. The Morgan fingerprint density at radius 1 is 1.10 bits per heavy atom. The molecule has 4 aromatic rings. The molecule has 30 heavy (non-hydrogen) atoms. The molecule has 0 fully saturated rings. The summed E-state index contributed by atoms with van der Waals surface area (Å²) in [4.78, 5) is 20.7. The lowest BCUT2D eigenvalue weighted by Gasteiger charge is -2.11. The van der Waals surface area contributed by atoms with Gasteiger partial charge < -0.3 is 5.32 Å². The predicted octanol–water partition coefficient (Wildman–Crippen LogP) is 4.27. The van der Waals surface area contributed by atoms with Crippen LogP contribution in [0.15, 0.2) is 72.2 Å². The molecule has 148 valence electrons. The molecular weight excluding hydrogens is 386 g/mol. The van der Waals surface area contributed by atoms with Crippen molar-refractivity contribution in [3.63, 3.8) is 0 Å². The van der Waals surface area contributed by atoms with Gasteiger partial charge in [-0.1, -0.05) is 12.6 Å². The van der Waals surface area contributed by atoms with Crippen molar-refractivity contribution in [3.8, 4) is 11.1 Å². The van der Waals surface area contributed by atoms with Gasteiger partial charge >= 0.3 is 0 Å². The first-order chi connectivity index (χ1) is 14.5. The highest BCUT2D eigenvalue weighted by molar-refractivity contribution is 5.76. The van der Waals surface area contributed by atoms with Gasteiger partial charge in [0.2, 0.25) is 0 Å². The fourth-order valence-electron chi connectivity index (χ4n) is 3.72. The van der Waals surface area contributed by atoms with Gasteiger partial charge in [0.1, 0.15) is 11.6 Å². The predicted molar refractivity (Wildman–Crippen MR) is 111 cm³/mol. The Balaban J connectivity index is 1.51. The van der Waals surface area contributed by atoms with E-state index in [-0.39, 0.29) is 17.7 Å². The van der Waals surface area contributed by atoms with Gasteiger partial charge in [-0.3, -0.25) is 14.3 Å². The highest BCUT2D eigenvalue weighted by Gasteiger charge is 2.17. The van der Waals surface area contributed by atoms with E-state index in [0.29, 0.717) is 28.5 Å². The third-order valence-electron chi connectivity index (χ3n) is 5.25. The molecule has 2 aromatic heterocycles. The Kier molecular flexibility index (Phi) is 4.17. The Bertz CT molecular complexity index is 1370. The van der Waals surface area contributed by atoms with Crippen molar-refractivity contribution in [2.75, 3.05) is 5.32 Å². The molecule has 1 aliphatic heterocycles. The van der Waals surface area contributed by atoms with Crippen molar-refractivity contribution in [3.05, 3.63) is 101 Å². The highest BCUT2D eigenvalue weighted by atomic mass is 19.1. The number of rotatable bonds is 3. The van der Waals surface area contributed by atoms with Gasteiger partial charge in [0.25, 0.3) is 5.56 Å². The first kappa shape index (κ1) is 18.2. The van der Waals surface area contributed by atoms with Crippen molar-refractivity contribution in [2.45, 2.75) is 13.0 Å². The second kappa shape index (κ2) is 6.88. The van der Waals surface area contributed by atoms with Gasteiger partial charge in [-0.15, -0.1) is 0 Å². The minimum absolute atomic E-state index is 0.188. The molecule has 7 heteroatoms. The number of hydrogen-bond donors (Lipinski definition) is 1. The van der Waals surface area contributed by atoms with Crippen LogP contribution in [0.4, 0.5) is 14.5 Å². The SMILES string of the molecule is C=C1Cc2cc(-c3cc(F)c(Cn4cnc5cnccc5c4=O)c(F)c3)ccc2N1. The van der Waals surface area contributed by atoms with Gasteiger partial charge in [0.15, 0.2) is 0 Å². The summed E-state index contributed by atoms with van der Waals surface area (Å²) in [6.07, 6.45) is 4.91. The third kappa shape index (κ3) is 3.04. The van der Waals surface area contributed by atoms with Crippen molar-refractivity contribution in [2.24, 2.45) is 0 Å². The number of pyridine rings is 1. The summed E-state index contributed by atoms with van der Waals surface area (Å²) in [5.74, 6) is -1.43. The van der Waals surface area contributed by atoms with E-state index < -0.39 is 11.6 Å². The van der Waals surface area contributed by atoms with E-state index in [0.717, 1.165) is 16.9 Å².